The molecule has 2 aromatic rings. The lowest BCUT2D eigenvalue weighted by Gasteiger charge is -2.23. The highest BCUT2D eigenvalue weighted by molar-refractivity contribution is 5.98. The Kier molecular flexibility index (Phi) is 2.68. The first-order chi connectivity index (χ1) is 9.58. The zero-order chi connectivity index (χ0) is 14.3. The molecular weight excluding hydrogens is 256 g/mol. The Morgan fingerprint density at radius 1 is 0.850 bits per heavy atom. The van der Waals surface area contributed by atoms with E-state index in [1.807, 2.05) is 12.1 Å². The number of hydrogen-bond donors (Lipinski definition) is 2. The number of rotatable bonds is 2. The van der Waals surface area contributed by atoms with E-state index in [9.17, 15) is 9.59 Å². The van der Waals surface area contributed by atoms with Crippen molar-refractivity contribution in [1.82, 2.24) is 0 Å². The zero-order valence-corrected chi connectivity index (χ0v) is 10.6. The van der Waals surface area contributed by atoms with Crippen molar-refractivity contribution in [2.75, 3.05) is 0 Å². The van der Waals surface area contributed by atoms with Crippen LogP contribution in [0.2, 0.25) is 0 Å². The van der Waals surface area contributed by atoms with Gasteiger partial charge < -0.3 is 16.2 Å². The van der Waals surface area contributed by atoms with E-state index in [-0.39, 0.29) is 0 Å². The monoisotopic (exact) mass is 268 g/mol. The van der Waals surface area contributed by atoms with Crippen LogP contribution < -0.4 is 16.2 Å². The minimum Gasteiger partial charge on any atom is -0.455 e. The van der Waals surface area contributed by atoms with Crippen LogP contribution in [0.25, 0.3) is 0 Å². The molecule has 0 unspecified atom stereocenters. The zero-order valence-electron chi connectivity index (χ0n) is 10.6. The number of para-hydroxylation sites is 2. The third kappa shape index (κ3) is 1.80. The molecular formula is C15H12N2O3. The van der Waals surface area contributed by atoms with Crippen molar-refractivity contribution >= 4 is 11.8 Å². The molecule has 1 aliphatic rings. The fourth-order valence-electron chi connectivity index (χ4n) is 2.38. The van der Waals surface area contributed by atoms with E-state index in [0.29, 0.717) is 29.0 Å². The molecule has 0 aliphatic carbocycles. The maximum atomic E-state index is 11.5. The van der Waals surface area contributed by atoms with E-state index in [4.69, 9.17) is 16.2 Å². The van der Waals surface area contributed by atoms with Crippen LogP contribution in [0.4, 0.5) is 0 Å². The highest BCUT2D eigenvalue weighted by Gasteiger charge is 2.25. The summed E-state index contributed by atoms with van der Waals surface area (Å²) in [5.41, 5.74) is 13.0. The predicted molar refractivity (Wildman–Crippen MR) is 72.8 cm³/mol. The lowest BCUT2D eigenvalue weighted by molar-refractivity contribution is 0.0993. The highest BCUT2D eigenvalue weighted by Crippen LogP contribution is 2.40. The predicted octanol–water partition coefficient (Wildman–Crippen LogP) is 1.58. The summed E-state index contributed by atoms with van der Waals surface area (Å²) >= 11 is 0. The molecule has 3 rings (SSSR count). The molecule has 2 aromatic carbocycles. The summed E-state index contributed by atoms with van der Waals surface area (Å²) in [4.78, 5) is 22.9. The Morgan fingerprint density at radius 3 is 1.70 bits per heavy atom. The first-order valence-corrected chi connectivity index (χ1v) is 6.09. The SMILES string of the molecule is NC(=O)c1cccc2c1Oc1c(cccc1C(N)=O)C2. The van der Waals surface area contributed by atoms with Gasteiger partial charge in [-0.15, -0.1) is 0 Å². The van der Waals surface area contributed by atoms with Gasteiger partial charge in [0.05, 0.1) is 11.1 Å². The van der Waals surface area contributed by atoms with Crippen molar-refractivity contribution in [1.29, 1.82) is 0 Å². The summed E-state index contributed by atoms with van der Waals surface area (Å²) in [5, 5.41) is 0. The number of fused-ring (bicyclic) bond motifs is 2. The fraction of sp³-hybridized carbons (Fsp3) is 0.0667. The molecule has 4 N–H and O–H groups in total. The van der Waals surface area contributed by atoms with Crippen molar-refractivity contribution in [3.63, 3.8) is 0 Å². The van der Waals surface area contributed by atoms with Gasteiger partial charge in [-0.25, -0.2) is 0 Å². The number of amides is 2. The molecule has 5 nitrogen and oxygen atoms in total. The summed E-state index contributed by atoms with van der Waals surface area (Å²) in [5.74, 6) is -0.328. The number of nitrogens with two attached hydrogens (primary N) is 2. The number of primary amides is 2. The van der Waals surface area contributed by atoms with E-state index >= 15 is 0 Å². The quantitative estimate of drug-likeness (QED) is 0.738. The van der Waals surface area contributed by atoms with Gasteiger partial charge in [-0.3, -0.25) is 9.59 Å². The third-order valence-corrected chi connectivity index (χ3v) is 3.31. The Hall–Kier alpha value is -2.82. The molecule has 0 saturated heterocycles. The van der Waals surface area contributed by atoms with E-state index in [0.717, 1.165) is 11.1 Å². The van der Waals surface area contributed by atoms with Gasteiger partial charge in [-0.05, 0) is 12.1 Å². The Labute approximate surface area is 115 Å². The van der Waals surface area contributed by atoms with E-state index in [1.165, 1.54) is 0 Å². The molecule has 0 fully saturated rings. The van der Waals surface area contributed by atoms with Crippen molar-refractivity contribution in [2.24, 2.45) is 11.5 Å². The Balaban J connectivity index is 2.18. The minimum absolute atomic E-state index is 0.299. The van der Waals surface area contributed by atoms with Crippen LogP contribution in [0.5, 0.6) is 11.5 Å². The van der Waals surface area contributed by atoms with Crippen LogP contribution in [0.1, 0.15) is 31.8 Å². The second-order valence-corrected chi connectivity index (χ2v) is 4.59. The van der Waals surface area contributed by atoms with Crippen LogP contribution in [0.3, 0.4) is 0 Å². The van der Waals surface area contributed by atoms with E-state index < -0.39 is 11.8 Å². The highest BCUT2D eigenvalue weighted by atomic mass is 16.5. The lowest BCUT2D eigenvalue weighted by atomic mass is 9.95. The number of carbonyl (C=O) groups excluding carboxylic acids is 2. The van der Waals surface area contributed by atoms with Crippen LogP contribution in [-0.2, 0) is 6.42 Å². The summed E-state index contributed by atoms with van der Waals surface area (Å²) in [6, 6.07) is 10.4. The number of benzene rings is 2. The summed E-state index contributed by atoms with van der Waals surface area (Å²) in [7, 11) is 0. The average Bonchev–Trinajstić information content (AvgIpc) is 2.43. The molecule has 0 bridgehead atoms. The molecule has 0 atom stereocenters. The lowest BCUT2D eigenvalue weighted by Crippen LogP contribution is -2.18. The molecule has 100 valence electrons. The van der Waals surface area contributed by atoms with Crippen molar-refractivity contribution in [3.05, 3.63) is 58.7 Å². The Bertz CT molecular complexity index is 676. The molecule has 20 heavy (non-hydrogen) atoms. The van der Waals surface area contributed by atoms with E-state index in [2.05, 4.69) is 0 Å². The maximum absolute atomic E-state index is 11.5. The molecule has 5 heteroatoms. The van der Waals surface area contributed by atoms with Crippen molar-refractivity contribution in [2.45, 2.75) is 6.42 Å². The molecule has 2 amide bonds. The fourth-order valence-corrected chi connectivity index (χ4v) is 2.38. The van der Waals surface area contributed by atoms with Gasteiger partial charge in [0.15, 0.2) is 0 Å². The maximum Gasteiger partial charge on any atom is 0.252 e. The average molecular weight is 268 g/mol. The first-order valence-electron chi connectivity index (χ1n) is 6.09. The number of carbonyl (C=O) groups is 2. The molecule has 0 radical (unpaired) electrons. The molecule has 0 saturated carbocycles. The number of ether oxygens (including phenoxy) is 1. The smallest absolute Gasteiger partial charge is 0.252 e. The second-order valence-electron chi connectivity index (χ2n) is 4.59. The van der Waals surface area contributed by atoms with Crippen molar-refractivity contribution in [3.8, 4) is 11.5 Å². The molecule has 1 aliphatic heterocycles. The van der Waals surface area contributed by atoms with Gasteiger partial charge >= 0.3 is 0 Å². The topological polar surface area (TPSA) is 95.4 Å². The van der Waals surface area contributed by atoms with Gasteiger partial charge in [0.25, 0.3) is 11.8 Å². The first kappa shape index (κ1) is 12.2. The van der Waals surface area contributed by atoms with Crippen LogP contribution in [-0.4, -0.2) is 11.8 Å². The van der Waals surface area contributed by atoms with Crippen molar-refractivity contribution < 1.29 is 14.3 Å². The van der Waals surface area contributed by atoms with Gasteiger partial charge in [0.1, 0.15) is 11.5 Å². The van der Waals surface area contributed by atoms with Crippen LogP contribution in [0.15, 0.2) is 36.4 Å². The largest absolute Gasteiger partial charge is 0.455 e. The second kappa shape index (κ2) is 4.38. The Morgan fingerprint density at radius 2 is 1.30 bits per heavy atom. The van der Waals surface area contributed by atoms with Crippen LogP contribution >= 0.6 is 0 Å². The molecule has 1 heterocycles. The third-order valence-electron chi connectivity index (χ3n) is 3.31. The van der Waals surface area contributed by atoms with Gasteiger partial charge in [0.2, 0.25) is 0 Å². The van der Waals surface area contributed by atoms with E-state index in [1.54, 1.807) is 24.3 Å². The summed E-state index contributed by atoms with van der Waals surface area (Å²) < 4.78 is 5.76. The van der Waals surface area contributed by atoms with Gasteiger partial charge in [-0.1, -0.05) is 24.3 Å². The van der Waals surface area contributed by atoms with Crippen LogP contribution in [0, 0.1) is 0 Å². The minimum atomic E-state index is -0.568. The normalized spacial score (nSPS) is 12.0. The standard InChI is InChI=1S/C15H12N2O3/c16-14(18)10-5-1-3-8-7-9-4-2-6-11(15(17)19)13(9)20-12(8)10/h1-6H,7H2,(H2,16,18)(H2,17,19). The summed E-state index contributed by atoms with van der Waals surface area (Å²) in [6.45, 7) is 0. The van der Waals surface area contributed by atoms with Gasteiger partial charge in [-0.2, -0.15) is 0 Å². The van der Waals surface area contributed by atoms with Gasteiger partial charge in [0, 0.05) is 17.5 Å². The summed E-state index contributed by atoms with van der Waals surface area (Å²) in [6.07, 6.45) is 0.562. The molecule has 0 spiro atoms. The number of hydrogen-bond acceptors (Lipinski definition) is 3. The molecule has 0 aromatic heterocycles.